The number of nitrogens with zero attached hydrogens (tertiary/aromatic N) is 3. The lowest BCUT2D eigenvalue weighted by molar-refractivity contribution is 0.321. The minimum atomic E-state index is 0.458. The van der Waals surface area contributed by atoms with Crippen molar-refractivity contribution in [3.63, 3.8) is 0 Å². The molecule has 6 heteroatoms. The van der Waals surface area contributed by atoms with Crippen molar-refractivity contribution in [1.82, 2.24) is 20.2 Å². The van der Waals surface area contributed by atoms with E-state index in [1.54, 1.807) is 19.2 Å². The fraction of sp³-hybridized carbons (Fsp3) is 0.214. The van der Waals surface area contributed by atoms with Crippen LogP contribution in [-0.4, -0.2) is 26.8 Å². The van der Waals surface area contributed by atoms with E-state index < -0.39 is 0 Å². The Morgan fingerprint density at radius 3 is 2.85 bits per heavy atom. The molecule has 0 atom stereocenters. The highest BCUT2D eigenvalue weighted by Gasteiger charge is 2.06. The highest BCUT2D eigenvalue weighted by Crippen LogP contribution is 2.25. The van der Waals surface area contributed by atoms with Crippen molar-refractivity contribution in [1.29, 1.82) is 0 Å². The lowest BCUT2D eigenvalue weighted by Crippen LogP contribution is -1.99. The molecule has 0 fully saturated rings. The van der Waals surface area contributed by atoms with E-state index in [0.717, 1.165) is 10.9 Å². The standard InChI is InChI=1S/C14H14N4O2/c1-3-19-13-7-14(17-9(2)16-13)20-11-5-4-10-8-15-18-12(10)6-11/h4-8H,3H2,1-2H3,(H,15,18). The third kappa shape index (κ3) is 2.54. The van der Waals surface area contributed by atoms with Gasteiger partial charge in [0.05, 0.1) is 24.4 Å². The number of fused-ring (bicyclic) bond motifs is 1. The normalized spacial score (nSPS) is 10.7. The minimum absolute atomic E-state index is 0.458. The van der Waals surface area contributed by atoms with Gasteiger partial charge in [0.2, 0.25) is 11.8 Å². The van der Waals surface area contributed by atoms with Gasteiger partial charge in [0, 0.05) is 11.5 Å². The average molecular weight is 270 g/mol. The molecule has 102 valence electrons. The Hall–Kier alpha value is -2.63. The number of ether oxygens (including phenoxy) is 2. The van der Waals surface area contributed by atoms with Gasteiger partial charge in [-0.3, -0.25) is 5.10 Å². The molecule has 0 bridgehead atoms. The van der Waals surface area contributed by atoms with Crippen LogP contribution in [0.15, 0.2) is 30.5 Å². The maximum absolute atomic E-state index is 5.74. The van der Waals surface area contributed by atoms with Gasteiger partial charge in [-0.05, 0) is 26.0 Å². The molecule has 3 aromatic rings. The second-order valence-electron chi connectivity index (χ2n) is 4.25. The van der Waals surface area contributed by atoms with Crippen molar-refractivity contribution in [2.45, 2.75) is 13.8 Å². The molecule has 20 heavy (non-hydrogen) atoms. The fourth-order valence-electron chi connectivity index (χ4n) is 1.89. The van der Waals surface area contributed by atoms with Gasteiger partial charge >= 0.3 is 0 Å². The van der Waals surface area contributed by atoms with Crippen LogP contribution in [0.3, 0.4) is 0 Å². The Labute approximate surface area is 115 Å². The van der Waals surface area contributed by atoms with E-state index in [-0.39, 0.29) is 0 Å². The lowest BCUT2D eigenvalue weighted by Gasteiger charge is -2.08. The fourth-order valence-corrected chi connectivity index (χ4v) is 1.89. The van der Waals surface area contributed by atoms with Gasteiger partial charge in [0.25, 0.3) is 0 Å². The van der Waals surface area contributed by atoms with Gasteiger partial charge in [-0.2, -0.15) is 15.1 Å². The van der Waals surface area contributed by atoms with Crippen LogP contribution in [0.25, 0.3) is 10.9 Å². The van der Waals surface area contributed by atoms with Gasteiger partial charge < -0.3 is 9.47 Å². The number of benzene rings is 1. The summed E-state index contributed by atoms with van der Waals surface area (Å²) in [5.74, 6) is 2.26. The summed E-state index contributed by atoms with van der Waals surface area (Å²) in [7, 11) is 0. The Bertz CT molecular complexity index is 739. The predicted molar refractivity (Wildman–Crippen MR) is 74.1 cm³/mol. The van der Waals surface area contributed by atoms with Crippen molar-refractivity contribution in [2.75, 3.05) is 6.61 Å². The van der Waals surface area contributed by atoms with E-state index in [0.29, 0.717) is 29.9 Å². The number of aryl methyl sites for hydroxylation is 1. The van der Waals surface area contributed by atoms with Gasteiger partial charge in [0.1, 0.15) is 11.6 Å². The molecule has 2 aromatic heterocycles. The molecule has 3 rings (SSSR count). The zero-order valence-corrected chi connectivity index (χ0v) is 11.3. The number of hydrogen-bond donors (Lipinski definition) is 1. The summed E-state index contributed by atoms with van der Waals surface area (Å²) in [6, 6.07) is 7.36. The predicted octanol–water partition coefficient (Wildman–Crippen LogP) is 2.85. The van der Waals surface area contributed by atoms with E-state index in [1.807, 2.05) is 25.1 Å². The number of aromatic amines is 1. The van der Waals surface area contributed by atoms with Crippen molar-refractivity contribution < 1.29 is 9.47 Å². The summed E-state index contributed by atoms with van der Waals surface area (Å²) >= 11 is 0. The molecule has 0 saturated heterocycles. The maximum Gasteiger partial charge on any atom is 0.226 e. The average Bonchev–Trinajstić information content (AvgIpc) is 2.85. The summed E-state index contributed by atoms with van der Waals surface area (Å²) in [5.41, 5.74) is 0.915. The van der Waals surface area contributed by atoms with Gasteiger partial charge in [0.15, 0.2) is 0 Å². The van der Waals surface area contributed by atoms with Crippen LogP contribution >= 0.6 is 0 Å². The van der Waals surface area contributed by atoms with Crippen LogP contribution < -0.4 is 9.47 Å². The molecule has 0 aliphatic carbocycles. The van der Waals surface area contributed by atoms with Crippen molar-refractivity contribution in [3.05, 3.63) is 36.3 Å². The first-order chi connectivity index (χ1) is 9.74. The largest absolute Gasteiger partial charge is 0.478 e. The van der Waals surface area contributed by atoms with Crippen LogP contribution in [0, 0.1) is 6.92 Å². The van der Waals surface area contributed by atoms with Crippen LogP contribution in [0.1, 0.15) is 12.7 Å². The third-order valence-electron chi connectivity index (χ3n) is 2.72. The molecule has 0 aliphatic heterocycles. The Morgan fingerprint density at radius 2 is 2.00 bits per heavy atom. The first-order valence-corrected chi connectivity index (χ1v) is 6.34. The van der Waals surface area contributed by atoms with Gasteiger partial charge in [-0.25, -0.2) is 0 Å². The topological polar surface area (TPSA) is 72.9 Å². The van der Waals surface area contributed by atoms with E-state index in [2.05, 4.69) is 20.2 Å². The third-order valence-corrected chi connectivity index (χ3v) is 2.72. The summed E-state index contributed by atoms with van der Waals surface area (Å²) < 4.78 is 11.1. The first kappa shape index (κ1) is 12.4. The summed E-state index contributed by atoms with van der Waals surface area (Å²) in [4.78, 5) is 8.42. The number of H-pyrrole nitrogens is 1. The monoisotopic (exact) mass is 270 g/mol. The minimum Gasteiger partial charge on any atom is -0.478 e. The molecule has 2 heterocycles. The zero-order valence-electron chi connectivity index (χ0n) is 11.3. The molecule has 1 aromatic carbocycles. The summed E-state index contributed by atoms with van der Waals surface area (Å²) in [6.07, 6.45) is 1.77. The number of aromatic nitrogens is 4. The van der Waals surface area contributed by atoms with E-state index >= 15 is 0 Å². The Kier molecular flexibility index (Phi) is 3.20. The Balaban J connectivity index is 1.89. The van der Waals surface area contributed by atoms with Crippen LogP contribution in [0.2, 0.25) is 0 Å². The number of hydrogen-bond acceptors (Lipinski definition) is 5. The molecular formula is C14H14N4O2. The van der Waals surface area contributed by atoms with E-state index in [4.69, 9.17) is 9.47 Å². The highest BCUT2D eigenvalue weighted by molar-refractivity contribution is 5.79. The molecular weight excluding hydrogens is 256 g/mol. The molecule has 0 unspecified atom stereocenters. The molecule has 0 spiro atoms. The van der Waals surface area contributed by atoms with Gasteiger partial charge in [-0.15, -0.1) is 0 Å². The Morgan fingerprint density at radius 1 is 1.15 bits per heavy atom. The lowest BCUT2D eigenvalue weighted by atomic mass is 10.2. The molecule has 0 amide bonds. The van der Waals surface area contributed by atoms with Crippen LogP contribution in [-0.2, 0) is 0 Å². The van der Waals surface area contributed by atoms with Gasteiger partial charge in [-0.1, -0.05) is 0 Å². The second-order valence-corrected chi connectivity index (χ2v) is 4.25. The number of nitrogens with one attached hydrogen (secondary N) is 1. The molecule has 0 radical (unpaired) electrons. The van der Waals surface area contributed by atoms with Crippen molar-refractivity contribution in [2.24, 2.45) is 0 Å². The highest BCUT2D eigenvalue weighted by atomic mass is 16.5. The molecule has 1 N–H and O–H groups in total. The van der Waals surface area contributed by atoms with Crippen molar-refractivity contribution >= 4 is 10.9 Å². The number of rotatable bonds is 4. The first-order valence-electron chi connectivity index (χ1n) is 6.34. The molecule has 0 saturated carbocycles. The van der Waals surface area contributed by atoms with Crippen LogP contribution in [0.4, 0.5) is 0 Å². The summed E-state index contributed by atoms with van der Waals surface area (Å²) in [5, 5.41) is 7.91. The smallest absolute Gasteiger partial charge is 0.226 e. The molecule has 6 nitrogen and oxygen atoms in total. The zero-order chi connectivity index (χ0) is 13.9. The van der Waals surface area contributed by atoms with Crippen molar-refractivity contribution in [3.8, 4) is 17.5 Å². The SMILES string of the molecule is CCOc1cc(Oc2ccc3cn[nH]c3c2)nc(C)n1. The van der Waals surface area contributed by atoms with Crippen LogP contribution in [0.5, 0.6) is 17.5 Å². The second kappa shape index (κ2) is 5.16. The summed E-state index contributed by atoms with van der Waals surface area (Å²) in [6.45, 7) is 4.26. The quantitative estimate of drug-likeness (QED) is 0.789. The molecule has 0 aliphatic rings. The maximum atomic E-state index is 5.74. The van der Waals surface area contributed by atoms with E-state index in [1.165, 1.54) is 0 Å². The van der Waals surface area contributed by atoms with E-state index in [9.17, 15) is 0 Å².